The number of phenolic OH excluding ortho intramolecular Hbond substituents is 6. The second-order valence-electron chi connectivity index (χ2n) is 12.7. The highest BCUT2D eigenvalue weighted by Gasteiger charge is 2.45. The summed E-state index contributed by atoms with van der Waals surface area (Å²) in [5.41, 5.74) is 11.4. The molecule has 0 spiro atoms. The monoisotopic (exact) mass is 822 g/mol. The summed E-state index contributed by atoms with van der Waals surface area (Å²) in [5.74, 6) is 0.167. The van der Waals surface area contributed by atoms with Crippen LogP contribution in [0, 0.1) is 5.82 Å². The molecule has 19 nitrogen and oxygen atoms in total. The number of carbonyl (C=O) groups is 1. The third kappa shape index (κ3) is 14.0. The number of benzene rings is 3. The highest BCUT2D eigenvalue weighted by Crippen LogP contribution is 2.51. The number of ether oxygens (including phenoxy) is 8. The minimum atomic E-state index is -1.55. The van der Waals surface area contributed by atoms with Crippen molar-refractivity contribution in [3.8, 4) is 40.2 Å². The lowest BCUT2D eigenvalue weighted by Crippen LogP contribution is -2.40. The predicted octanol–water partition coefficient (Wildman–Crippen LogP) is 1.88. The Hall–Kier alpha value is -5.32. The van der Waals surface area contributed by atoms with E-state index < -0.39 is 64.6 Å². The van der Waals surface area contributed by atoms with E-state index in [4.69, 9.17) is 55.2 Å². The second-order valence-corrected chi connectivity index (χ2v) is 12.7. The number of halogens is 1. The first-order valence-electron chi connectivity index (χ1n) is 18.2. The average Bonchev–Trinajstić information content (AvgIpc) is 3.16. The fraction of sp³-hybridized carbons (Fsp3) is 0.447. The van der Waals surface area contributed by atoms with E-state index in [-0.39, 0.29) is 42.2 Å². The van der Waals surface area contributed by atoms with Crippen LogP contribution >= 0.6 is 0 Å². The van der Waals surface area contributed by atoms with E-state index in [1.807, 2.05) is 0 Å². The van der Waals surface area contributed by atoms with Crippen molar-refractivity contribution in [2.75, 3.05) is 85.8 Å². The summed E-state index contributed by atoms with van der Waals surface area (Å²) in [5, 5.41) is 62.9. The minimum absolute atomic E-state index is 0.00221. The van der Waals surface area contributed by atoms with Crippen LogP contribution in [0.15, 0.2) is 54.4 Å². The van der Waals surface area contributed by atoms with Crippen LogP contribution in [0.5, 0.6) is 40.2 Å². The number of carbonyl (C=O) groups excluding carboxylic acids is 1. The van der Waals surface area contributed by atoms with E-state index in [0.717, 1.165) is 42.5 Å². The number of hydrogen-bond donors (Lipinski definition) is 9. The third-order valence-corrected chi connectivity index (χ3v) is 8.29. The van der Waals surface area contributed by atoms with Gasteiger partial charge in [0.1, 0.15) is 34.9 Å². The number of esters is 1. The molecule has 0 amide bonds. The summed E-state index contributed by atoms with van der Waals surface area (Å²) in [7, 11) is 0. The number of phenols is 6. The van der Waals surface area contributed by atoms with E-state index in [2.05, 4.69) is 0 Å². The molecule has 0 saturated carbocycles. The molecule has 58 heavy (non-hydrogen) atoms. The lowest BCUT2D eigenvalue weighted by molar-refractivity contribution is -0.112. The molecule has 320 valence electrons. The molecule has 3 aromatic carbocycles. The Morgan fingerprint density at radius 3 is 1.90 bits per heavy atom. The van der Waals surface area contributed by atoms with Gasteiger partial charge in [0.2, 0.25) is 0 Å². The highest BCUT2D eigenvalue weighted by molar-refractivity contribution is 5.90. The van der Waals surface area contributed by atoms with Gasteiger partial charge in [-0.25, -0.2) is 15.0 Å². The van der Waals surface area contributed by atoms with Gasteiger partial charge in [-0.2, -0.15) is 0 Å². The normalized spacial score (nSPS) is 16.5. The fourth-order valence-electron chi connectivity index (χ4n) is 5.62. The molecule has 20 heteroatoms. The predicted molar refractivity (Wildman–Crippen MR) is 201 cm³/mol. The molecule has 0 aromatic heterocycles. The Labute approximate surface area is 333 Å². The Morgan fingerprint density at radius 1 is 0.741 bits per heavy atom. The molecule has 3 atom stereocenters. The van der Waals surface area contributed by atoms with Crippen LogP contribution in [0.2, 0.25) is 0 Å². The van der Waals surface area contributed by atoms with Crippen molar-refractivity contribution < 1.29 is 77.7 Å². The first-order valence-corrected chi connectivity index (χ1v) is 18.2. The second kappa shape index (κ2) is 23.2. The van der Waals surface area contributed by atoms with Crippen molar-refractivity contribution in [1.82, 2.24) is 5.01 Å². The zero-order valence-corrected chi connectivity index (χ0v) is 31.7. The first kappa shape index (κ1) is 45.4. The summed E-state index contributed by atoms with van der Waals surface area (Å²) in [6.45, 7) is 4.39. The zero-order chi connectivity index (χ0) is 42.0. The fourth-order valence-corrected chi connectivity index (χ4v) is 5.62. The number of nitrogens with two attached hydrogens (primary N) is 3. The van der Waals surface area contributed by atoms with Gasteiger partial charge < -0.3 is 85.0 Å². The van der Waals surface area contributed by atoms with Gasteiger partial charge in [-0.05, 0) is 24.3 Å². The van der Waals surface area contributed by atoms with Crippen LogP contribution in [-0.2, 0) is 33.2 Å². The van der Waals surface area contributed by atoms with Gasteiger partial charge >= 0.3 is 5.97 Å². The molecule has 3 aromatic rings. The molecule has 1 aliphatic rings. The van der Waals surface area contributed by atoms with Crippen LogP contribution in [0.3, 0.4) is 0 Å². The molecule has 1 aliphatic heterocycles. The molecule has 12 N–H and O–H groups in total. The van der Waals surface area contributed by atoms with Gasteiger partial charge in [-0.3, -0.25) is 0 Å². The van der Waals surface area contributed by atoms with Gasteiger partial charge in [-0.1, -0.05) is 0 Å². The molecular weight excluding hydrogens is 771 g/mol. The largest absolute Gasteiger partial charge is 0.508 e. The molecule has 4 rings (SSSR count). The molecular formula is C38H51FN4O15. The van der Waals surface area contributed by atoms with E-state index >= 15 is 0 Å². The maximum absolute atomic E-state index is 14.1. The maximum atomic E-state index is 14.1. The van der Waals surface area contributed by atoms with Crippen LogP contribution in [0.1, 0.15) is 40.1 Å². The molecule has 0 saturated heterocycles. The topological polar surface area (TPSA) is 294 Å². The van der Waals surface area contributed by atoms with Crippen LogP contribution in [0.4, 0.5) is 4.39 Å². The molecule has 0 radical (unpaired) electrons. The third-order valence-electron chi connectivity index (χ3n) is 8.29. The Balaban J connectivity index is 1.33. The van der Waals surface area contributed by atoms with Crippen LogP contribution < -0.4 is 22.0 Å². The molecule has 1 heterocycles. The standard InChI is InChI=1S/C38H51FN4O15/c39-25-15-24(16-27(44)19-25)38(50)58-37-35(23-17-30(47)34(49)31(48)18-23)57-32-21-28(45)20-29(46)33(32)36(37)56-6-3-43(42)22-26(41)1-4-51-7-9-53-11-13-55-14-12-54-10-8-52-5-2-40/h15-22,35-37,44-49H,1-14,40-42H2/b26-22-. The smallest absolute Gasteiger partial charge is 0.338 e. The number of aromatic hydroxyl groups is 6. The summed E-state index contributed by atoms with van der Waals surface area (Å²) in [6, 6.07) is 6.79. The summed E-state index contributed by atoms with van der Waals surface area (Å²) in [6.07, 6.45) is -2.58. The van der Waals surface area contributed by atoms with Crippen molar-refractivity contribution >= 4 is 5.97 Å². The average molecular weight is 823 g/mol. The van der Waals surface area contributed by atoms with Gasteiger partial charge in [0.15, 0.2) is 29.5 Å². The quantitative estimate of drug-likeness (QED) is 0.0194. The van der Waals surface area contributed by atoms with Crippen molar-refractivity contribution in [3.05, 3.63) is 76.9 Å². The molecule has 0 fully saturated rings. The number of rotatable bonds is 25. The Morgan fingerprint density at radius 2 is 1.31 bits per heavy atom. The van der Waals surface area contributed by atoms with Gasteiger partial charge in [0, 0.05) is 48.6 Å². The van der Waals surface area contributed by atoms with Crippen molar-refractivity contribution in [3.63, 3.8) is 0 Å². The van der Waals surface area contributed by atoms with Crippen molar-refractivity contribution in [2.24, 2.45) is 17.3 Å². The number of hydrogen-bond acceptors (Lipinski definition) is 19. The maximum Gasteiger partial charge on any atom is 0.338 e. The summed E-state index contributed by atoms with van der Waals surface area (Å²) < 4.78 is 59.2. The van der Waals surface area contributed by atoms with Crippen molar-refractivity contribution in [1.29, 1.82) is 0 Å². The molecule has 3 unspecified atom stereocenters. The first-order chi connectivity index (χ1) is 27.9. The van der Waals surface area contributed by atoms with Crippen molar-refractivity contribution in [2.45, 2.75) is 24.7 Å². The van der Waals surface area contributed by atoms with Gasteiger partial charge in [0.25, 0.3) is 0 Å². The lowest BCUT2D eigenvalue weighted by Gasteiger charge is -2.39. The summed E-state index contributed by atoms with van der Waals surface area (Å²) >= 11 is 0. The highest BCUT2D eigenvalue weighted by atomic mass is 19.1. The SMILES string of the molecule is NCCOCCOCCOCCOCCOCC/C(N)=C/N(N)CCOC1c2c(O)cc(O)cc2OC(c2cc(O)c(O)c(O)c2)C1OC(=O)c1cc(O)cc(F)c1. The van der Waals surface area contributed by atoms with E-state index in [9.17, 15) is 39.8 Å². The Kier molecular flexibility index (Phi) is 18.1. The van der Waals surface area contributed by atoms with Gasteiger partial charge in [-0.15, -0.1) is 0 Å². The van der Waals surface area contributed by atoms with Crippen LogP contribution in [0.25, 0.3) is 0 Å². The number of hydrazine groups is 1. The number of fused-ring (bicyclic) bond motifs is 1. The Bertz CT molecular complexity index is 1760. The molecule has 0 bridgehead atoms. The lowest BCUT2D eigenvalue weighted by atomic mass is 9.90. The van der Waals surface area contributed by atoms with E-state index in [1.165, 1.54) is 11.2 Å². The summed E-state index contributed by atoms with van der Waals surface area (Å²) in [4.78, 5) is 13.4. The van der Waals surface area contributed by atoms with E-state index in [0.29, 0.717) is 78.1 Å². The number of nitrogens with zero attached hydrogens (tertiary/aromatic N) is 1. The molecule has 0 aliphatic carbocycles. The van der Waals surface area contributed by atoms with Crippen LogP contribution in [-0.4, -0.2) is 133 Å². The van der Waals surface area contributed by atoms with E-state index in [1.54, 1.807) is 0 Å². The van der Waals surface area contributed by atoms with Gasteiger partial charge in [0.05, 0.1) is 90.3 Å². The zero-order valence-electron chi connectivity index (χ0n) is 31.7. The minimum Gasteiger partial charge on any atom is -0.508 e.